The molecule has 2 heterocycles. The van der Waals surface area contributed by atoms with Crippen LogP contribution in [0.4, 0.5) is 0 Å². The number of hydrogen-bond donors (Lipinski definition) is 0. The molecule has 3 rings (SSSR count). The number of methoxy groups -OCH3 is 1. The first-order chi connectivity index (χ1) is 10.2. The van der Waals surface area contributed by atoms with E-state index in [0.717, 1.165) is 11.3 Å². The predicted molar refractivity (Wildman–Crippen MR) is 84.9 cm³/mol. The Morgan fingerprint density at radius 1 is 1.29 bits per heavy atom. The first-order valence-corrected chi connectivity index (χ1v) is 7.20. The van der Waals surface area contributed by atoms with Crippen LogP contribution in [0.3, 0.4) is 0 Å². The molecule has 0 fully saturated rings. The summed E-state index contributed by atoms with van der Waals surface area (Å²) in [7, 11) is 1.64. The summed E-state index contributed by atoms with van der Waals surface area (Å²) in [5, 5.41) is 9.11. The monoisotopic (exact) mass is 391 g/mol. The second-order valence-electron chi connectivity index (χ2n) is 4.35. The van der Waals surface area contributed by atoms with Crippen LogP contribution >= 0.6 is 22.6 Å². The summed E-state index contributed by atoms with van der Waals surface area (Å²) in [4.78, 5) is 12.7. The van der Waals surface area contributed by atoms with Crippen LogP contribution in [0.15, 0.2) is 30.6 Å². The number of ether oxygens (including phenoxy) is 1. The topological polar surface area (TPSA) is 76.6 Å². The van der Waals surface area contributed by atoms with Crippen LogP contribution < -0.4 is 4.74 Å². The molecule has 0 radical (unpaired) electrons. The lowest BCUT2D eigenvalue weighted by Crippen LogP contribution is -2.01. The van der Waals surface area contributed by atoms with Crippen molar-refractivity contribution in [2.45, 2.75) is 6.54 Å². The Balaban J connectivity index is 2.01. The van der Waals surface area contributed by atoms with E-state index in [1.54, 1.807) is 13.4 Å². The van der Waals surface area contributed by atoms with E-state index in [1.165, 1.54) is 0 Å². The molecular weight excluding hydrogens is 381 g/mol. The minimum absolute atomic E-state index is 0.304. The zero-order valence-corrected chi connectivity index (χ0v) is 13.3. The molecule has 0 amide bonds. The van der Waals surface area contributed by atoms with Gasteiger partial charge in [-0.25, -0.2) is 15.0 Å². The van der Waals surface area contributed by atoms with E-state index >= 15 is 0 Å². The van der Waals surface area contributed by atoms with Crippen LogP contribution in [-0.2, 0) is 6.54 Å². The maximum atomic E-state index is 9.11. The number of fused-ring (bicyclic) bond motifs is 1. The fraction of sp³-hybridized carbons (Fsp3) is 0.143. The second kappa shape index (κ2) is 5.65. The van der Waals surface area contributed by atoms with E-state index in [9.17, 15) is 0 Å². The van der Waals surface area contributed by atoms with Gasteiger partial charge in [-0.2, -0.15) is 5.26 Å². The number of halogens is 1. The van der Waals surface area contributed by atoms with E-state index in [1.807, 2.05) is 51.4 Å². The molecule has 1 aromatic carbocycles. The van der Waals surface area contributed by atoms with Gasteiger partial charge in [0.05, 0.1) is 20.0 Å². The van der Waals surface area contributed by atoms with Crippen molar-refractivity contribution in [3.05, 3.63) is 45.7 Å². The molecule has 21 heavy (non-hydrogen) atoms. The highest BCUT2D eigenvalue weighted by Gasteiger charge is 2.12. The fourth-order valence-corrected chi connectivity index (χ4v) is 2.51. The molecule has 0 atom stereocenters. The highest BCUT2D eigenvalue weighted by molar-refractivity contribution is 14.1. The molecule has 6 nitrogen and oxygen atoms in total. The third kappa shape index (κ3) is 2.67. The fourth-order valence-electron chi connectivity index (χ4n) is 2.04. The Morgan fingerprint density at radius 3 is 2.71 bits per heavy atom. The summed E-state index contributed by atoms with van der Waals surface area (Å²) in [6.45, 7) is 0.623. The SMILES string of the molecule is COc1ccc(Cn2cnc3c(C#N)nc(I)nc32)cc1. The number of imidazole rings is 1. The number of aromatic nitrogens is 4. The summed E-state index contributed by atoms with van der Waals surface area (Å²) in [5.74, 6) is 0.817. The molecule has 0 bridgehead atoms. The van der Waals surface area contributed by atoms with Gasteiger partial charge >= 0.3 is 0 Å². The normalized spacial score (nSPS) is 10.5. The van der Waals surface area contributed by atoms with Gasteiger partial charge in [-0.3, -0.25) is 0 Å². The van der Waals surface area contributed by atoms with Crippen LogP contribution in [0.25, 0.3) is 11.2 Å². The maximum absolute atomic E-state index is 9.11. The highest BCUT2D eigenvalue weighted by Crippen LogP contribution is 2.17. The van der Waals surface area contributed by atoms with Gasteiger partial charge in [0, 0.05) is 22.6 Å². The van der Waals surface area contributed by atoms with Crippen LogP contribution in [0.5, 0.6) is 5.75 Å². The first-order valence-electron chi connectivity index (χ1n) is 6.12. The molecular formula is C14H10IN5O. The van der Waals surface area contributed by atoms with Crippen LogP contribution in [0, 0.1) is 15.2 Å². The van der Waals surface area contributed by atoms with Crippen molar-refractivity contribution in [2.24, 2.45) is 0 Å². The van der Waals surface area contributed by atoms with Crippen molar-refractivity contribution >= 4 is 33.8 Å². The Hall–Kier alpha value is -2.21. The lowest BCUT2D eigenvalue weighted by Gasteiger charge is -2.05. The molecule has 7 heteroatoms. The lowest BCUT2D eigenvalue weighted by atomic mass is 10.2. The molecule has 0 saturated carbocycles. The van der Waals surface area contributed by atoms with Gasteiger partial charge in [-0.05, 0) is 17.7 Å². The standard InChI is InChI=1S/C14H10IN5O/c1-21-10-4-2-9(3-5-10)7-20-8-17-12-11(6-16)18-14(15)19-13(12)20/h2-5,8H,7H2,1H3. The zero-order valence-electron chi connectivity index (χ0n) is 11.1. The zero-order chi connectivity index (χ0) is 14.8. The predicted octanol–water partition coefficient (Wildman–Crippen LogP) is 2.36. The maximum Gasteiger partial charge on any atom is 0.194 e. The van der Waals surface area contributed by atoms with E-state index < -0.39 is 0 Å². The summed E-state index contributed by atoms with van der Waals surface area (Å²) < 4.78 is 7.58. The summed E-state index contributed by atoms with van der Waals surface area (Å²) in [6.07, 6.45) is 1.68. The Kier molecular flexibility index (Phi) is 3.70. The molecule has 0 N–H and O–H groups in total. The number of rotatable bonds is 3. The second-order valence-corrected chi connectivity index (χ2v) is 5.31. The number of nitrogens with zero attached hydrogens (tertiary/aromatic N) is 5. The number of nitriles is 1. The lowest BCUT2D eigenvalue weighted by molar-refractivity contribution is 0.414. The van der Waals surface area contributed by atoms with Crippen LogP contribution in [0.1, 0.15) is 11.3 Å². The largest absolute Gasteiger partial charge is 0.497 e. The first kappa shape index (κ1) is 13.8. The van der Waals surface area contributed by atoms with Crippen molar-refractivity contribution in [3.8, 4) is 11.8 Å². The van der Waals surface area contributed by atoms with Crippen molar-refractivity contribution in [3.63, 3.8) is 0 Å². The minimum Gasteiger partial charge on any atom is -0.497 e. The van der Waals surface area contributed by atoms with Gasteiger partial charge < -0.3 is 9.30 Å². The van der Waals surface area contributed by atoms with Gasteiger partial charge in [0.25, 0.3) is 0 Å². The van der Waals surface area contributed by atoms with Gasteiger partial charge in [0.2, 0.25) is 0 Å². The van der Waals surface area contributed by atoms with Crippen LogP contribution in [0.2, 0.25) is 0 Å². The molecule has 0 aliphatic carbocycles. The molecule has 0 saturated heterocycles. The summed E-state index contributed by atoms with van der Waals surface area (Å²) in [5.41, 5.74) is 2.60. The van der Waals surface area contributed by atoms with Crippen LogP contribution in [-0.4, -0.2) is 26.6 Å². The van der Waals surface area contributed by atoms with E-state index in [0.29, 0.717) is 27.2 Å². The van der Waals surface area contributed by atoms with Gasteiger partial charge in [0.15, 0.2) is 15.2 Å². The molecule has 3 aromatic rings. The van der Waals surface area contributed by atoms with Crippen molar-refractivity contribution in [2.75, 3.05) is 7.11 Å². The van der Waals surface area contributed by atoms with Crippen molar-refractivity contribution in [1.29, 1.82) is 5.26 Å². The average molecular weight is 391 g/mol. The van der Waals surface area contributed by atoms with Gasteiger partial charge in [-0.15, -0.1) is 0 Å². The highest BCUT2D eigenvalue weighted by atomic mass is 127. The van der Waals surface area contributed by atoms with E-state index in [2.05, 4.69) is 21.0 Å². The summed E-state index contributed by atoms with van der Waals surface area (Å²) >= 11 is 2.00. The van der Waals surface area contributed by atoms with Gasteiger partial charge in [0.1, 0.15) is 17.3 Å². The van der Waals surface area contributed by atoms with Crippen molar-refractivity contribution in [1.82, 2.24) is 19.5 Å². The number of hydrogen-bond acceptors (Lipinski definition) is 5. The van der Waals surface area contributed by atoms with E-state index in [-0.39, 0.29) is 0 Å². The van der Waals surface area contributed by atoms with Crippen molar-refractivity contribution < 1.29 is 4.74 Å². The molecule has 0 unspecified atom stereocenters. The quantitative estimate of drug-likeness (QED) is 0.506. The third-order valence-corrected chi connectivity index (χ3v) is 3.54. The Morgan fingerprint density at radius 2 is 2.05 bits per heavy atom. The molecule has 0 spiro atoms. The number of benzene rings is 1. The smallest absolute Gasteiger partial charge is 0.194 e. The minimum atomic E-state index is 0.304. The Labute approximate surface area is 134 Å². The molecule has 104 valence electrons. The van der Waals surface area contributed by atoms with Gasteiger partial charge in [-0.1, -0.05) is 12.1 Å². The molecule has 0 aliphatic heterocycles. The molecule has 2 aromatic heterocycles. The Bertz CT molecular complexity index is 835. The average Bonchev–Trinajstić information content (AvgIpc) is 2.90. The van der Waals surface area contributed by atoms with E-state index in [4.69, 9.17) is 10.00 Å². The summed E-state index contributed by atoms with van der Waals surface area (Å²) in [6, 6.07) is 9.85. The molecule has 0 aliphatic rings. The third-order valence-electron chi connectivity index (χ3n) is 3.05.